The second-order valence-electron chi connectivity index (χ2n) is 11.8. The van der Waals surface area contributed by atoms with E-state index in [1.165, 1.54) is 19.6 Å². The van der Waals surface area contributed by atoms with E-state index in [9.17, 15) is 24.2 Å². The molecule has 0 heterocycles. The summed E-state index contributed by atoms with van der Waals surface area (Å²) in [4.78, 5) is 26.2. The highest BCUT2D eigenvalue weighted by Crippen LogP contribution is 2.41. The normalized spacial score (nSPS) is 28.9. The number of hydrogen-bond acceptors (Lipinski definition) is 6. The average molecular weight is 521 g/mol. The van der Waals surface area contributed by atoms with E-state index in [1.54, 1.807) is 0 Å². The highest BCUT2D eigenvalue weighted by atomic mass is 19.1. The first-order valence-corrected chi connectivity index (χ1v) is 13.5. The third kappa shape index (κ3) is 6.20. The molecule has 4 rings (SSSR count). The molecule has 2 amide bonds. The number of carbonyl (C=O) groups excluding carboxylic acids is 2. The Hall–Kier alpha value is -2.39. The second kappa shape index (κ2) is 11.2. The number of hydrogen-bond donors (Lipinski definition) is 4. The largest absolute Gasteiger partial charge is 0.496 e. The molecule has 0 spiro atoms. The maximum atomic E-state index is 14.8. The predicted octanol–water partition coefficient (Wildman–Crippen LogP) is 3.68. The fourth-order valence-corrected chi connectivity index (χ4v) is 5.86. The van der Waals surface area contributed by atoms with Crippen molar-refractivity contribution in [2.75, 3.05) is 13.7 Å². The zero-order valence-electron chi connectivity index (χ0n) is 22.1. The van der Waals surface area contributed by atoms with Crippen LogP contribution >= 0.6 is 0 Å². The minimum atomic E-state index is -1.41. The van der Waals surface area contributed by atoms with Crippen molar-refractivity contribution in [2.45, 2.75) is 96.5 Å². The number of amides is 2. The Balaban J connectivity index is 1.41. The Morgan fingerprint density at radius 3 is 2.35 bits per heavy atom. The number of aliphatic hydroxyl groups is 2. The van der Waals surface area contributed by atoms with E-state index in [1.807, 2.05) is 6.92 Å². The van der Waals surface area contributed by atoms with E-state index in [0.29, 0.717) is 45.1 Å². The summed E-state index contributed by atoms with van der Waals surface area (Å²) < 4.78 is 26.0. The van der Waals surface area contributed by atoms with Crippen molar-refractivity contribution < 1.29 is 33.7 Å². The minimum absolute atomic E-state index is 0.0247. The maximum absolute atomic E-state index is 14.8. The molecular formula is C28H41FN2O6. The summed E-state index contributed by atoms with van der Waals surface area (Å²) in [7, 11) is 1.38. The summed E-state index contributed by atoms with van der Waals surface area (Å²) in [5, 5.41) is 25.3. The molecule has 0 radical (unpaired) electrons. The molecule has 3 fully saturated rings. The van der Waals surface area contributed by atoms with Gasteiger partial charge >= 0.3 is 0 Å². The number of methoxy groups -OCH3 is 1. The molecule has 0 saturated heterocycles. The van der Waals surface area contributed by atoms with Gasteiger partial charge in [0.2, 0.25) is 5.91 Å². The highest BCUT2D eigenvalue weighted by Gasteiger charge is 2.39. The molecule has 0 aliphatic heterocycles. The fourth-order valence-electron chi connectivity index (χ4n) is 5.86. The number of rotatable bonds is 9. The van der Waals surface area contributed by atoms with Gasteiger partial charge in [0, 0.05) is 24.1 Å². The first-order chi connectivity index (χ1) is 17.5. The number of benzene rings is 1. The van der Waals surface area contributed by atoms with Crippen LogP contribution in [0.25, 0.3) is 0 Å². The van der Waals surface area contributed by atoms with E-state index in [0.717, 1.165) is 25.3 Å². The number of aliphatic hydroxyl groups excluding tert-OH is 1. The standard InChI is InChI=1S/C28H41FN2O6/c1-27(10-5-11-27)16-30-24(32)18-6-4-7-21(18)31-25(33)19-14-23(20(29)15-22(19)36-3)37-17-8-12-28(2,13-9-17)26(34)35/h14-15,17-18,21,26,34-35H,4-13,16H2,1-3H3,(H,30,32)(H,31,33)/t17-,18-,21+,28+/m0/s1. The van der Waals surface area contributed by atoms with Crippen LogP contribution < -0.4 is 20.1 Å². The van der Waals surface area contributed by atoms with Crippen molar-refractivity contribution in [3.05, 3.63) is 23.5 Å². The molecule has 3 saturated carbocycles. The van der Waals surface area contributed by atoms with Gasteiger partial charge in [-0.15, -0.1) is 0 Å². The van der Waals surface area contributed by atoms with E-state index >= 15 is 0 Å². The van der Waals surface area contributed by atoms with Crippen LogP contribution in [0.3, 0.4) is 0 Å². The van der Waals surface area contributed by atoms with Crippen LogP contribution in [0.15, 0.2) is 12.1 Å². The topological polar surface area (TPSA) is 117 Å². The number of ether oxygens (including phenoxy) is 2. The third-order valence-corrected chi connectivity index (χ3v) is 8.91. The lowest BCUT2D eigenvalue weighted by molar-refractivity contribution is -0.147. The Labute approximate surface area is 218 Å². The lowest BCUT2D eigenvalue weighted by Gasteiger charge is -2.38. The van der Waals surface area contributed by atoms with Gasteiger partial charge in [-0.1, -0.05) is 26.7 Å². The van der Waals surface area contributed by atoms with Gasteiger partial charge in [0.25, 0.3) is 5.91 Å². The van der Waals surface area contributed by atoms with Gasteiger partial charge in [0.15, 0.2) is 17.9 Å². The lowest BCUT2D eigenvalue weighted by Crippen LogP contribution is -2.47. The average Bonchev–Trinajstić information content (AvgIpc) is 3.31. The number of halogens is 1. The zero-order valence-corrected chi connectivity index (χ0v) is 22.1. The maximum Gasteiger partial charge on any atom is 0.255 e. The van der Waals surface area contributed by atoms with Crippen LogP contribution in [0, 0.1) is 22.6 Å². The number of nitrogens with one attached hydrogen (secondary N) is 2. The van der Waals surface area contributed by atoms with Crippen LogP contribution in [0.5, 0.6) is 11.5 Å². The van der Waals surface area contributed by atoms with E-state index < -0.39 is 23.4 Å². The summed E-state index contributed by atoms with van der Waals surface area (Å²) in [6.45, 7) is 4.66. The molecule has 9 heteroatoms. The molecule has 37 heavy (non-hydrogen) atoms. The Bertz CT molecular complexity index is 987. The van der Waals surface area contributed by atoms with Gasteiger partial charge in [-0.05, 0) is 62.8 Å². The Kier molecular flexibility index (Phi) is 8.33. The quantitative estimate of drug-likeness (QED) is 0.369. The summed E-state index contributed by atoms with van der Waals surface area (Å²) in [6, 6.07) is 2.20. The van der Waals surface area contributed by atoms with Crippen molar-refractivity contribution in [3.63, 3.8) is 0 Å². The molecule has 3 aliphatic rings. The molecule has 4 N–H and O–H groups in total. The van der Waals surface area contributed by atoms with Crippen LogP contribution in [-0.2, 0) is 4.79 Å². The highest BCUT2D eigenvalue weighted by molar-refractivity contribution is 5.98. The van der Waals surface area contributed by atoms with Crippen molar-refractivity contribution >= 4 is 11.8 Å². The van der Waals surface area contributed by atoms with Crippen molar-refractivity contribution in [1.29, 1.82) is 0 Å². The van der Waals surface area contributed by atoms with Gasteiger partial charge in [-0.3, -0.25) is 9.59 Å². The van der Waals surface area contributed by atoms with Crippen LogP contribution in [-0.4, -0.2) is 54.1 Å². The molecule has 1 aromatic carbocycles. The first-order valence-electron chi connectivity index (χ1n) is 13.5. The molecule has 0 aromatic heterocycles. The van der Waals surface area contributed by atoms with Crippen molar-refractivity contribution in [2.24, 2.45) is 16.7 Å². The summed E-state index contributed by atoms with van der Waals surface area (Å²) in [5.41, 5.74) is -0.277. The van der Waals surface area contributed by atoms with E-state index in [-0.39, 0.29) is 46.4 Å². The SMILES string of the molecule is COc1cc(F)c(O[C@H]2CC[C@@](C)(C(O)O)CC2)cc1C(=O)N[C@@H]1CCC[C@@H]1C(=O)NCC1(C)CCC1. The van der Waals surface area contributed by atoms with E-state index in [4.69, 9.17) is 9.47 Å². The first kappa shape index (κ1) is 27.6. The molecule has 3 aliphatic carbocycles. The summed E-state index contributed by atoms with van der Waals surface area (Å²) >= 11 is 0. The van der Waals surface area contributed by atoms with Gasteiger partial charge < -0.3 is 30.3 Å². The van der Waals surface area contributed by atoms with E-state index in [2.05, 4.69) is 17.6 Å². The van der Waals surface area contributed by atoms with Gasteiger partial charge in [-0.2, -0.15) is 0 Å². The van der Waals surface area contributed by atoms with Gasteiger partial charge in [0.05, 0.1) is 24.7 Å². The van der Waals surface area contributed by atoms with Crippen molar-refractivity contribution in [3.8, 4) is 11.5 Å². The van der Waals surface area contributed by atoms with Gasteiger partial charge in [0.1, 0.15) is 5.75 Å². The smallest absolute Gasteiger partial charge is 0.255 e. The third-order valence-electron chi connectivity index (χ3n) is 8.91. The zero-order chi connectivity index (χ0) is 26.8. The lowest BCUT2D eigenvalue weighted by atomic mass is 9.70. The second-order valence-corrected chi connectivity index (χ2v) is 11.8. The molecule has 1 aromatic rings. The summed E-state index contributed by atoms with van der Waals surface area (Å²) in [6.07, 6.45) is 6.14. The molecule has 0 unspecified atom stereocenters. The van der Waals surface area contributed by atoms with Crippen molar-refractivity contribution in [1.82, 2.24) is 10.6 Å². The monoisotopic (exact) mass is 520 g/mol. The van der Waals surface area contributed by atoms with Crippen LogP contribution in [0.1, 0.15) is 88.4 Å². The fraction of sp³-hybridized carbons (Fsp3) is 0.714. The Morgan fingerprint density at radius 1 is 1.05 bits per heavy atom. The molecule has 206 valence electrons. The van der Waals surface area contributed by atoms with Crippen LogP contribution in [0.2, 0.25) is 0 Å². The van der Waals surface area contributed by atoms with Crippen LogP contribution in [0.4, 0.5) is 4.39 Å². The Morgan fingerprint density at radius 2 is 1.76 bits per heavy atom. The molecule has 2 atom stereocenters. The molecule has 8 nitrogen and oxygen atoms in total. The van der Waals surface area contributed by atoms with Gasteiger partial charge in [-0.25, -0.2) is 4.39 Å². The minimum Gasteiger partial charge on any atom is -0.496 e. The number of carbonyl (C=O) groups is 2. The predicted molar refractivity (Wildman–Crippen MR) is 136 cm³/mol. The summed E-state index contributed by atoms with van der Waals surface area (Å²) in [5.74, 6) is -1.34. The molecule has 0 bridgehead atoms. The molecular weight excluding hydrogens is 479 g/mol.